The zero-order valence-electron chi connectivity index (χ0n) is 18.8. The van der Waals surface area contributed by atoms with Crippen LogP contribution >= 0.6 is 0 Å². The number of carbonyl (C=O) groups excluding carboxylic acids is 1. The van der Waals surface area contributed by atoms with E-state index in [-0.39, 0.29) is 17.8 Å². The molecule has 0 saturated carbocycles. The van der Waals surface area contributed by atoms with Gasteiger partial charge in [-0.25, -0.2) is 23.3 Å². The summed E-state index contributed by atoms with van der Waals surface area (Å²) in [6.45, 7) is 2.59. The molecule has 5 rings (SSSR count). The number of aromatic nitrogens is 5. The Labute approximate surface area is 199 Å². The first-order valence-corrected chi connectivity index (χ1v) is 10.8. The largest absolute Gasteiger partial charge is 0.432 e. The number of halogens is 5. The summed E-state index contributed by atoms with van der Waals surface area (Å²) in [7, 11) is 0. The molecule has 4 aromatic heterocycles. The van der Waals surface area contributed by atoms with Gasteiger partial charge in [-0.05, 0) is 32.0 Å². The summed E-state index contributed by atoms with van der Waals surface area (Å²) in [5.41, 5.74) is -2.19. The van der Waals surface area contributed by atoms with Crippen molar-refractivity contribution in [3.05, 3.63) is 70.7 Å². The number of nitrogens with zero attached hydrogens (tertiary/aromatic N) is 5. The Morgan fingerprint density at radius 2 is 2.03 bits per heavy atom. The van der Waals surface area contributed by atoms with E-state index in [9.17, 15) is 31.9 Å². The number of fused-ring (bicyclic) bond motifs is 2. The minimum atomic E-state index is -4.56. The fraction of sp³-hybridized carbons (Fsp3) is 0.364. The Hall–Kier alpha value is -3.81. The van der Waals surface area contributed by atoms with Crippen LogP contribution in [0.1, 0.15) is 71.1 Å². The monoisotopic (exact) mass is 510 g/mol. The third-order valence-electron chi connectivity index (χ3n) is 5.85. The molecule has 1 aliphatic rings. The molecule has 36 heavy (non-hydrogen) atoms. The molecule has 5 heterocycles. The number of hydrogen-bond donors (Lipinski definition) is 2. The molecule has 0 spiro atoms. The van der Waals surface area contributed by atoms with Crippen LogP contribution in [0.4, 0.5) is 22.0 Å². The van der Waals surface area contributed by atoms with Gasteiger partial charge in [0.25, 0.3) is 12.3 Å². The van der Waals surface area contributed by atoms with Gasteiger partial charge in [0.2, 0.25) is 11.7 Å². The number of hydrogen-bond acceptors (Lipinski definition) is 6. The second-order valence-corrected chi connectivity index (χ2v) is 8.86. The smallest absolute Gasteiger partial charge is 0.416 e. The number of H-pyrrole nitrogens is 1. The highest BCUT2D eigenvalue weighted by atomic mass is 19.4. The molecular weight excluding hydrogens is 491 g/mol. The van der Waals surface area contributed by atoms with Crippen molar-refractivity contribution in [3.8, 4) is 0 Å². The van der Waals surface area contributed by atoms with E-state index in [4.69, 9.17) is 4.42 Å². The molecule has 1 unspecified atom stereocenters. The molecule has 4 aromatic rings. The number of pyridine rings is 1. The quantitative estimate of drug-likeness (QED) is 0.401. The van der Waals surface area contributed by atoms with Crippen molar-refractivity contribution in [2.75, 3.05) is 6.54 Å². The van der Waals surface area contributed by atoms with Gasteiger partial charge in [-0.3, -0.25) is 4.79 Å². The average Bonchev–Trinajstić information content (AvgIpc) is 3.53. The molecule has 190 valence electrons. The number of amides is 1. The molecule has 0 radical (unpaired) electrons. The van der Waals surface area contributed by atoms with E-state index in [1.54, 1.807) is 0 Å². The Morgan fingerprint density at radius 1 is 1.28 bits per heavy atom. The molecule has 0 aliphatic carbocycles. The number of oxazole rings is 1. The normalized spacial score (nSPS) is 16.7. The van der Waals surface area contributed by atoms with Crippen LogP contribution in [0.25, 0.3) is 5.52 Å². The minimum absolute atomic E-state index is 0.0432. The molecular formula is C22H19F5N6O3. The molecule has 1 atom stereocenters. The zero-order valence-corrected chi connectivity index (χ0v) is 18.8. The van der Waals surface area contributed by atoms with E-state index in [0.717, 1.165) is 18.3 Å². The molecule has 0 fully saturated rings. The van der Waals surface area contributed by atoms with Gasteiger partial charge < -0.3 is 19.4 Å². The molecule has 1 aliphatic heterocycles. The number of aliphatic hydroxyl groups is 1. The Morgan fingerprint density at radius 3 is 2.69 bits per heavy atom. The van der Waals surface area contributed by atoms with Crippen molar-refractivity contribution < 1.29 is 36.3 Å². The van der Waals surface area contributed by atoms with Gasteiger partial charge in [-0.1, -0.05) is 0 Å². The topological polar surface area (TPSA) is 113 Å². The first-order valence-electron chi connectivity index (χ1n) is 10.8. The predicted molar refractivity (Wildman–Crippen MR) is 112 cm³/mol. The van der Waals surface area contributed by atoms with Gasteiger partial charge >= 0.3 is 6.18 Å². The van der Waals surface area contributed by atoms with Crippen LogP contribution in [0, 0.1) is 0 Å². The van der Waals surface area contributed by atoms with Crippen LogP contribution in [-0.2, 0) is 18.2 Å². The van der Waals surface area contributed by atoms with Gasteiger partial charge in [0, 0.05) is 24.9 Å². The maximum absolute atomic E-state index is 13.7. The fourth-order valence-electron chi connectivity index (χ4n) is 4.14. The van der Waals surface area contributed by atoms with Crippen molar-refractivity contribution >= 4 is 11.4 Å². The maximum atomic E-state index is 13.7. The Balaban J connectivity index is 1.61. The lowest BCUT2D eigenvalue weighted by molar-refractivity contribution is -0.137. The van der Waals surface area contributed by atoms with Crippen molar-refractivity contribution in [1.82, 2.24) is 29.5 Å². The van der Waals surface area contributed by atoms with Crippen LogP contribution in [-0.4, -0.2) is 47.0 Å². The van der Waals surface area contributed by atoms with Crippen LogP contribution in [0.5, 0.6) is 0 Å². The van der Waals surface area contributed by atoms with Crippen molar-refractivity contribution in [2.24, 2.45) is 0 Å². The minimum Gasteiger partial charge on any atom is -0.432 e. The zero-order chi connectivity index (χ0) is 26.0. The summed E-state index contributed by atoms with van der Waals surface area (Å²) in [5.74, 6) is -2.14. The van der Waals surface area contributed by atoms with Gasteiger partial charge in [-0.15, -0.1) is 0 Å². The van der Waals surface area contributed by atoms with E-state index in [1.807, 2.05) is 0 Å². The molecule has 0 bridgehead atoms. The molecule has 2 N–H and O–H groups in total. The first-order chi connectivity index (χ1) is 16.8. The molecule has 1 amide bonds. The third kappa shape index (κ3) is 4.00. The number of alkyl halides is 5. The van der Waals surface area contributed by atoms with E-state index in [2.05, 4.69) is 20.1 Å². The van der Waals surface area contributed by atoms with Crippen LogP contribution in [0.15, 0.2) is 35.1 Å². The first kappa shape index (κ1) is 23.9. The number of carbonyl (C=O) groups is 1. The summed E-state index contributed by atoms with van der Waals surface area (Å²) in [6, 6.07) is 2.15. The second kappa shape index (κ2) is 8.11. The van der Waals surface area contributed by atoms with E-state index in [1.165, 1.54) is 35.7 Å². The van der Waals surface area contributed by atoms with Crippen molar-refractivity contribution in [3.63, 3.8) is 0 Å². The summed E-state index contributed by atoms with van der Waals surface area (Å²) in [4.78, 5) is 25.6. The molecule has 9 nitrogen and oxygen atoms in total. The SMILES string of the molecule is CC(C)(O)c1nc(C(F)F)c(C(=O)N2CCc3[nH]cnc3C2c2cc3cc(C(F)(F)F)ccn3n2)o1. The van der Waals surface area contributed by atoms with Gasteiger partial charge in [0.15, 0.2) is 5.69 Å². The number of rotatable bonds is 4. The number of aromatic amines is 1. The summed E-state index contributed by atoms with van der Waals surface area (Å²) in [6.07, 6.45) is -4.88. The van der Waals surface area contributed by atoms with Crippen LogP contribution < -0.4 is 0 Å². The highest BCUT2D eigenvalue weighted by Gasteiger charge is 2.41. The lowest BCUT2D eigenvalue weighted by atomic mass is 9.99. The highest BCUT2D eigenvalue weighted by Crippen LogP contribution is 2.37. The van der Waals surface area contributed by atoms with Crippen molar-refractivity contribution in [1.29, 1.82) is 0 Å². The number of imidazole rings is 1. The Kier molecular flexibility index (Phi) is 5.39. The maximum Gasteiger partial charge on any atom is 0.416 e. The Bertz CT molecular complexity index is 1450. The van der Waals surface area contributed by atoms with Gasteiger partial charge in [-0.2, -0.15) is 18.3 Å². The molecule has 0 saturated heterocycles. The van der Waals surface area contributed by atoms with Gasteiger partial charge in [0.05, 0.1) is 28.8 Å². The summed E-state index contributed by atoms with van der Waals surface area (Å²) in [5, 5.41) is 14.5. The lowest BCUT2D eigenvalue weighted by Crippen LogP contribution is -2.41. The highest BCUT2D eigenvalue weighted by molar-refractivity contribution is 5.93. The van der Waals surface area contributed by atoms with E-state index < -0.39 is 53.1 Å². The van der Waals surface area contributed by atoms with Crippen LogP contribution in [0.3, 0.4) is 0 Å². The third-order valence-corrected chi connectivity index (χ3v) is 5.85. The molecule has 14 heteroatoms. The van der Waals surface area contributed by atoms with Gasteiger partial charge in [0.1, 0.15) is 11.6 Å². The standard InChI is InChI=1S/C22H19F5N6O3/c1-21(2,35)20-30-15(18(23)24)17(36-20)19(34)32-5-4-12-14(29-9-28-12)16(32)13-8-11-7-10(22(25,26)27)3-6-33(11)31-13/h3,6-9,16,18,35H,4-5H2,1-2H3,(H,28,29). The molecule has 0 aromatic carbocycles. The lowest BCUT2D eigenvalue weighted by Gasteiger charge is -2.33. The van der Waals surface area contributed by atoms with E-state index in [0.29, 0.717) is 17.8 Å². The number of nitrogens with one attached hydrogen (secondary N) is 1. The average molecular weight is 510 g/mol. The summed E-state index contributed by atoms with van der Waals surface area (Å²) >= 11 is 0. The van der Waals surface area contributed by atoms with Crippen LogP contribution in [0.2, 0.25) is 0 Å². The predicted octanol–water partition coefficient (Wildman–Crippen LogP) is 4.02. The summed E-state index contributed by atoms with van der Waals surface area (Å²) < 4.78 is 73.6. The van der Waals surface area contributed by atoms with Crippen molar-refractivity contribution in [2.45, 2.75) is 44.5 Å². The second-order valence-electron chi connectivity index (χ2n) is 8.86. The van der Waals surface area contributed by atoms with E-state index >= 15 is 0 Å². The fourth-order valence-corrected chi connectivity index (χ4v) is 4.14.